The lowest BCUT2D eigenvalue weighted by atomic mass is 9.93. The topological polar surface area (TPSA) is 92.0 Å². The van der Waals surface area contributed by atoms with E-state index in [0.717, 1.165) is 59.6 Å². The van der Waals surface area contributed by atoms with Crippen molar-refractivity contribution in [3.8, 4) is 11.1 Å². The smallest absolute Gasteiger partial charge is 0.326 e. The Labute approximate surface area is 242 Å². The van der Waals surface area contributed by atoms with Gasteiger partial charge in [-0.3, -0.25) is 4.79 Å². The minimum atomic E-state index is -1.03. The number of thioether (sulfide) groups is 1. The quantitative estimate of drug-likeness (QED) is 0.199. The molecule has 0 fully saturated rings. The monoisotopic (exact) mass is 566 g/mol. The van der Waals surface area contributed by atoms with E-state index in [1.165, 1.54) is 0 Å². The van der Waals surface area contributed by atoms with Gasteiger partial charge in [0.1, 0.15) is 23.7 Å². The van der Waals surface area contributed by atoms with Gasteiger partial charge in [0, 0.05) is 5.56 Å². The lowest BCUT2D eigenvalue weighted by Gasteiger charge is -2.19. The van der Waals surface area contributed by atoms with Crippen LogP contribution in [0.2, 0.25) is 0 Å². The minimum Gasteiger partial charge on any atom is -0.480 e. The largest absolute Gasteiger partial charge is 0.480 e. The molecular weight excluding hydrogens is 524 g/mol. The molecule has 7 nitrogen and oxygen atoms in total. The number of aliphatic carboxylic acids is 1. The second kappa shape index (κ2) is 15.6. The summed E-state index contributed by atoms with van der Waals surface area (Å²) in [6.45, 7) is 5.24. The van der Waals surface area contributed by atoms with E-state index in [0.29, 0.717) is 24.3 Å². The highest BCUT2D eigenvalue weighted by Crippen LogP contribution is 2.31. The van der Waals surface area contributed by atoms with Crippen molar-refractivity contribution in [3.63, 3.8) is 0 Å². The van der Waals surface area contributed by atoms with Gasteiger partial charge in [0.05, 0.1) is 13.2 Å². The number of carbonyl (C=O) groups is 2. The molecule has 1 heterocycles. The van der Waals surface area contributed by atoms with Gasteiger partial charge in [0.15, 0.2) is 0 Å². The van der Waals surface area contributed by atoms with Crippen molar-refractivity contribution in [2.24, 2.45) is 0 Å². The average molecular weight is 567 g/mol. The molecule has 0 spiro atoms. The van der Waals surface area contributed by atoms with Crippen molar-refractivity contribution >= 4 is 23.6 Å². The molecule has 2 atom stereocenters. The fourth-order valence-corrected chi connectivity index (χ4v) is 5.04. The number of hydrogen-bond acceptors (Lipinski definition) is 6. The van der Waals surface area contributed by atoms with E-state index in [4.69, 9.17) is 9.15 Å². The first-order chi connectivity index (χ1) is 19.2. The Hall–Kier alpha value is -3.07. The van der Waals surface area contributed by atoms with E-state index < -0.39 is 17.9 Å². The number of carbonyl (C=O) groups excluding carboxylic acids is 1. The van der Waals surface area contributed by atoms with Crippen LogP contribution in [-0.2, 0) is 22.7 Å². The number of ether oxygens (including phenoxy) is 1. The van der Waals surface area contributed by atoms with Crippen LogP contribution in [-0.4, -0.2) is 54.0 Å². The summed E-state index contributed by atoms with van der Waals surface area (Å²) in [6, 6.07) is 16.6. The molecule has 3 rings (SSSR count). The Bertz CT molecular complexity index is 1260. The van der Waals surface area contributed by atoms with Crippen LogP contribution in [0.1, 0.15) is 71.7 Å². The SMILES string of the molecule is CCCC[C@H](OCc1ccc(C(=O)N[C@@H](CCSC)C(=O)O)c(-c2ccccc2C)c1)c1ccc(CN(C)C)o1. The molecule has 0 radical (unpaired) electrons. The Morgan fingerprint density at radius 2 is 1.85 bits per heavy atom. The number of amides is 1. The van der Waals surface area contributed by atoms with E-state index in [9.17, 15) is 14.7 Å². The van der Waals surface area contributed by atoms with Gasteiger partial charge >= 0.3 is 5.97 Å². The van der Waals surface area contributed by atoms with E-state index in [1.807, 2.05) is 75.8 Å². The molecule has 0 bridgehead atoms. The lowest BCUT2D eigenvalue weighted by molar-refractivity contribution is -0.139. The lowest BCUT2D eigenvalue weighted by Crippen LogP contribution is -2.41. The molecule has 0 aliphatic heterocycles. The highest BCUT2D eigenvalue weighted by molar-refractivity contribution is 7.98. The summed E-state index contributed by atoms with van der Waals surface area (Å²) in [4.78, 5) is 27.2. The number of unbranched alkanes of at least 4 members (excludes halogenated alkanes) is 1. The Balaban J connectivity index is 1.88. The number of carboxylic acid groups (broad SMARTS) is 1. The van der Waals surface area contributed by atoms with Crippen LogP contribution in [0.15, 0.2) is 59.0 Å². The van der Waals surface area contributed by atoms with Gasteiger partial charge < -0.3 is 24.5 Å². The second-order valence-corrected chi connectivity index (χ2v) is 11.3. The summed E-state index contributed by atoms with van der Waals surface area (Å²) < 4.78 is 12.5. The maximum atomic E-state index is 13.4. The summed E-state index contributed by atoms with van der Waals surface area (Å²) >= 11 is 1.55. The normalized spacial score (nSPS) is 12.8. The van der Waals surface area contributed by atoms with Crippen molar-refractivity contribution in [2.45, 2.75) is 64.8 Å². The molecule has 1 aromatic heterocycles. The summed E-state index contributed by atoms with van der Waals surface area (Å²) in [5.41, 5.74) is 4.06. The van der Waals surface area contributed by atoms with Crippen LogP contribution in [0, 0.1) is 6.92 Å². The van der Waals surface area contributed by atoms with Gasteiger partial charge in [-0.25, -0.2) is 4.79 Å². The first-order valence-corrected chi connectivity index (χ1v) is 15.2. The number of carboxylic acids is 1. The van der Waals surface area contributed by atoms with Crippen molar-refractivity contribution in [1.82, 2.24) is 10.2 Å². The summed E-state index contributed by atoms with van der Waals surface area (Å²) in [5.74, 6) is 0.938. The third kappa shape index (κ3) is 8.98. The molecule has 0 saturated carbocycles. The second-order valence-electron chi connectivity index (χ2n) is 10.3. The molecule has 3 aromatic rings. The third-order valence-corrected chi connectivity index (χ3v) is 7.36. The van der Waals surface area contributed by atoms with Gasteiger partial charge in [-0.15, -0.1) is 0 Å². The van der Waals surface area contributed by atoms with Crippen LogP contribution >= 0.6 is 11.8 Å². The predicted molar refractivity (Wildman–Crippen MR) is 162 cm³/mol. The summed E-state index contributed by atoms with van der Waals surface area (Å²) in [5, 5.41) is 12.4. The molecule has 0 unspecified atom stereocenters. The average Bonchev–Trinajstić information content (AvgIpc) is 3.38. The van der Waals surface area contributed by atoms with Crippen molar-refractivity contribution < 1.29 is 23.8 Å². The van der Waals surface area contributed by atoms with Crippen molar-refractivity contribution in [3.05, 3.63) is 82.8 Å². The predicted octanol–water partition coefficient (Wildman–Crippen LogP) is 6.70. The fourth-order valence-electron chi connectivity index (χ4n) is 4.56. The van der Waals surface area contributed by atoms with Gasteiger partial charge in [-0.1, -0.05) is 50.1 Å². The Morgan fingerprint density at radius 3 is 2.52 bits per heavy atom. The van der Waals surface area contributed by atoms with Crippen LogP contribution in [0.25, 0.3) is 11.1 Å². The molecule has 40 heavy (non-hydrogen) atoms. The highest BCUT2D eigenvalue weighted by atomic mass is 32.2. The minimum absolute atomic E-state index is 0.173. The maximum Gasteiger partial charge on any atom is 0.326 e. The van der Waals surface area contributed by atoms with Gasteiger partial charge in [-0.2, -0.15) is 11.8 Å². The van der Waals surface area contributed by atoms with E-state index in [2.05, 4.69) is 17.1 Å². The third-order valence-electron chi connectivity index (χ3n) is 6.72. The van der Waals surface area contributed by atoms with Gasteiger partial charge in [-0.05, 0) is 92.4 Å². The molecule has 2 aromatic carbocycles. The zero-order valence-electron chi connectivity index (χ0n) is 24.2. The number of furan rings is 1. The molecule has 216 valence electrons. The first-order valence-electron chi connectivity index (χ1n) is 13.8. The molecular formula is C32H42N2O5S. The number of nitrogens with zero attached hydrogens (tertiary/aromatic N) is 1. The molecule has 8 heteroatoms. The van der Waals surface area contributed by atoms with Crippen LogP contribution in [0.5, 0.6) is 0 Å². The zero-order valence-corrected chi connectivity index (χ0v) is 25.1. The van der Waals surface area contributed by atoms with Gasteiger partial charge in [0.2, 0.25) is 0 Å². The van der Waals surface area contributed by atoms with E-state index in [1.54, 1.807) is 17.8 Å². The van der Waals surface area contributed by atoms with Crippen molar-refractivity contribution in [2.75, 3.05) is 26.1 Å². The maximum absolute atomic E-state index is 13.4. The number of nitrogens with one attached hydrogen (secondary N) is 1. The van der Waals surface area contributed by atoms with Crippen LogP contribution in [0.3, 0.4) is 0 Å². The molecule has 0 saturated heterocycles. The summed E-state index contributed by atoms with van der Waals surface area (Å²) in [6.07, 6.45) is 5.02. The fraction of sp³-hybridized carbons (Fsp3) is 0.438. The summed E-state index contributed by atoms with van der Waals surface area (Å²) in [7, 11) is 4.02. The first kappa shape index (κ1) is 31.5. The van der Waals surface area contributed by atoms with Crippen LogP contribution < -0.4 is 5.32 Å². The zero-order chi connectivity index (χ0) is 29.1. The Morgan fingerprint density at radius 1 is 1.07 bits per heavy atom. The van der Waals surface area contributed by atoms with Crippen molar-refractivity contribution in [1.29, 1.82) is 0 Å². The van der Waals surface area contributed by atoms with Gasteiger partial charge in [0.25, 0.3) is 5.91 Å². The number of rotatable bonds is 16. The molecule has 2 N–H and O–H groups in total. The number of hydrogen-bond donors (Lipinski definition) is 2. The van der Waals surface area contributed by atoms with Crippen LogP contribution in [0.4, 0.5) is 0 Å². The molecule has 1 amide bonds. The standard InChI is InChI=1S/C32H42N2O5S/c1-6-7-12-29(30-16-14-24(39-30)20-34(3)4)38-21-23-13-15-26(27(19-23)25-11-9-8-10-22(25)2)31(35)33-28(32(36)37)17-18-40-5/h8-11,13-16,19,28-29H,6-7,12,17-18,20-21H2,1-5H3,(H,33,35)(H,36,37)/t28-,29-/m0/s1. The molecule has 0 aliphatic carbocycles. The van der Waals surface area contributed by atoms with E-state index >= 15 is 0 Å². The number of benzene rings is 2. The van der Waals surface area contributed by atoms with E-state index in [-0.39, 0.29) is 6.10 Å². The molecule has 0 aliphatic rings. The number of aryl methyl sites for hydroxylation is 1. The highest BCUT2D eigenvalue weighted by Gasteiger charge is 2.23. The Kier molecular flexibility index (Phi) is 12.3.